The van der Waals surface area contributed by atoms with E-state index in [2.05, 4.69) is 24.0 Å². The maximum atomic E-state index is 12.3. The molecule has 1 aromatic heterocycles. The van der Waals surface area contributed by atoms with Crippen molar-refractivity contribution in [1.82, 2.24) is 4.98 Å². The highest BCUT2D eigenvalue weighted by atomic mass is 35.5. The van der Waals surface area contributed by atoms with E-state index in [1.165, 1.54) is 5.56 Å². The molecule has 0 aliphatic rings. The van der Waals surface area contributed by atoms with Gasteiger partial charge < -0.3 is 9.84 Å². The topological polar surface area (TPSA) is 59.4 Å². The average Bonchev–Trinajstić information content (AvgIpc) is 2.72. The van der Waals surface area contributed by atoms with Crippen LogP contribution in [0.25, 0.3) is 22.0 Å². The number of carboxylic acids is 1. The monoisotopic (exact) mass is 425 g/mol. The number of fused-ring (bicyclic) bond motifs is 1. The number of benzene rings is 2. The standard InChI is InChI=1S/C25H28ClNO3/c1-5-7-17-8-10-18(11-9-17)23-20-14-19(26)12-13-21(20)27-16(4)22(23)24(25(28)29)30-15(3)6-2/h8-15,24H,5-7H2,1-4H3,(H,28,29)/t15-,24?/m1/s1. The van der Waals surface area contributed by atoms with Crippen LogP contribution in [0.15, 0.2) is 42.5 Å². The van der Waals surface area contributed by atoms with Gasteiger partial charge in [-0.15, -0.1) is 0 Å². The highest BCUT2D eigenvalue weighted by Crippen LogP contribution is 2.39. The summed E-state index contributed by atoms with van der Waals surface area (Å²) in [4.78, 5) is 16.9. The number of carboxylic acid groups (broad SMARTS) is 1. The molecule has 30 heavy (non-hydrogen) atoms. The Labute approximate surface area is 182 Å². The minimum Gasteiger partial charge on any atom is -0.479 e. The van der Waals surface area contributed by atoms with Crippen LogP contribution in [0.5, 0.6) is 0 Å². The van der Waals surface area contributed by atoms with E-state index in [9.17, 15) is 9.90 Å². The van der Waals surface area contributed by atoms with Gasteiger partial charge in [-0.05, 0) is 61.6 Å². The molecule has 0 amide bonds. The van der Waals surface area contributed by atoms with Gasteiger partial charge in [0.1, 0.15) is 0 Å². The molecule has 0 bridgehead atoms. The van der Waals surface area contributed by atoms with Gasteiger partial charge in [0.15, 0.2) is 6.10 Å². The van der Waals surface area contributed by atoms with Gasteiger partial charge in [-0.2, -0.15) is 0 Å². The van der Waals surface area contributed by atoms with E-state index in [4.69, 9.17) is 16.3 Å². The van der Waals surface area contributed by atoms with Gasteiger partial charge in [0.2, 0.25) is 0 Å². The van der Waals surface area contributed by atoms with Crippen LogP contribution < -0.4 is 0 Å². The summed E-state index contributed by atoms with van der Waals surface area (Å²) in [7, 11) is 0. The van der Waals surface area contributed by atoms with Crippen molar-refractivity contribution in [1.29, 1.82) is 0 Å². The highest BCUT2D eigenvalue weighted by Gasteiger charge is 2.30. The third kappa shape index (κ3) is 4.66. The molecule has 1 heterocycles. The zero-order valence-electron chi connectivity index (χ0n) is 17.9. The number of halogens is 1. The summed E-state index contributed by atoms with van der Waals surface area (Å²) in [6.07, 6.45) is 1.49. The quantitative estimate of drug-likeness (QED) is 0.433. The first kappa shape index (κ1) is 22.3. The van der Waals surface area contributed by atoms with Gasteiger partial charge in [0, 0.05) is 21.7 Å². The third-order valence-electron chi connectivity index (χ3n) is 5.39. The molecule has 3 rings (SSSR count). The molecule has 0 saturated heterocycles. The summed E-state index contributed by atoms with van der Waals surface area (Å²) in [5.74, 6) is -1.02. The molecule has 0 radical (unpaired) electrons. The van der Waals surface area contributed by atoms with E-state index in [1.807, 2.05) is 45.0 Å². The van der Waals surface area contributed by atoms with Crippen LogP contribution in [0, 0.1) is 6.92 Å². The third-order valence-corrected chi connectivity index (χ3v) is 5.62. The fraction of sp³-hybridized carbons (Fsp3) is 0.360. The fourth-order valence-electron chi connectivity index (χ4n) is 3.71. The summed E-state index contributed by atoms with van der Waals surface area (Å²) < 4.78 is 5.96. The minimum absolute atomic E-state index is 0.194. The summed E-state index contributed by atoms with van der Waals surface area (Å²) >= 11 is 6.31. The second kappa shape index (κ2) is 9.59. The van der Waals surface area contributed by atoms with Crippen molar-refractivity contribution in [2.24, 2.45) is 0 Å². The Kier molecular flexibility index (Phi) is 7.11. The first-order valence-electron chi connectivity index (χ1n) is 10.4. The number of aryl methyl sites for hydroxylation is 2. The molecule has 2 atom stereocenters. The van der Waals surface area contributed by atoms with Crippen LogP contribution in [0.4, 0.5) is 0 Å². The Hall–Kier alpha value is -2.43. The van der Waals surface area contributed by atoms with Crippen molar-refractivity contribution >= 4 is 28.5 Å². The van der Waals surface area contributed by atoms with Crippen molar-refractivity contribution in [2.75, 3.05) is 0 Å². The van der Waals surface area contributed by atoms with Crippen molar-refractivity contribution in [3.8, 4) is 11.1 Å². The van der Waals surface area contributed by atoms with E-state index < -0.39 is 12.1 Å². The van der Waals surface area contributed by atoms with Gasteiger partial charge in [-0.25, -0.2) is 4.79 Å². The molecule has 3 aromatic rings. The smallest absolute Gasteiger partial charge is 0.337 e. The molecule has 1 N–H and O–H groups in total. The van der Waals surface area contributed by atoms with E-state index in [0.717, 1.165) is 41.3 Å². The predicted molar refractivity (Wildman–Crippen MR) is 122 cm³/mol. The number of hydrogen-bond donors (Lipinski definition) is 1. The average molecular weight is 426 g/mol. The summed E-state index contributed by atoms with van der Waals surface area (Å²) in [5, 5.41) is 11.4. The number of aliphatic carboxylic acids is 1. The van der Waals surface area contributed by atoms with Crippen LogP contribution in [0.1, 0.15) is 56.5 Å². The fourth-order valence-corrected chi connectivity index (χ4v) is 3.88. The maximum absolute atomic E-state index is 12.3. The highest BCUT2D eigenvalue weighted by molar-refractivity contribution is 6.31. The Morgan fingerprint density at radius 1 is 1.17 bits per heavy atom. The minimum atomic E-state index is -1.11. The summed E-state index contributed by atoms with van der Waals surface area (Å²) in [5.41, 5.74) is 5.01. The zero-order chi connectivity index (χ0) is 21.8. The molecule has 5 heteroatoms. The van der Waals surface area contributed by atoms with Gasteiger partial charge in [0.25, 0.3) is 0 Å². The Balaban J connectivity index is 2.31. The SMILES string of the molecule is CCCc1ccc(-c2c(C(O[C@H](C)CC)C(=O)O)c(C)nc3ccc(Cl)cc23)cc1. The van der Waals surface area contributed by atoms with Gasteiger partial charge in [-0.3, -0.25) is 4.98 Å². The molecule has 1 unspecified atom stereocenters. The molecule has 0 fully saturated rings. The van der Waals surface area contributed by atoms with Crippen LogP contribution in [0.3, 0.4) is 0 Å². The van der Waals surface area contributed by atoms with Crippen molar-refractivity contribution in [3.63, 3.8) is 0 Å². The lowest BCUT2D eigenvalue weighted by Gasteiger charge is -2.24. The Morgan fingerprint density at radius 2 is 1.87 bits per heavy atom. The van der Waals surface area contributed by atoms with Gasteiger partial charge in [0.05, 0.1) is 11.6 Å². The molecule has 158 valence electrons. The number of aromatic nitrogens is 1. The number of nitrogens with zero attached hydrogens (tertiary/aromatic N) is 1. The number of pyridine rings is 1. The van der Waals surface area contributed by atoms with Crippen LogP contribution in [-0.2, 0) is 16.0 Å². The molecule has 2 aromatic carbocycles. The molecule has 0 spiro atoms. The van der Waals surface area contributed by atoms with E-state index >= 15 is 0 Å². The lowest BCUT2D eigenvalue weighted by atomic mass is 9.90. The Bertz CT molecular complexity index is 1050. The van der Waals surface area contributed by atoms with Crippen LogP contribution in [0.2, 0.25) is 5.02 Å². The largest absolute Gasteiger partial charge is 0.479 e. The first-order valence-corrected chi connectivity index (χ1v) is 10.8. The van der Waals surface area contributed by atoms with Crippen LogP contribution in [-0.4, -0.2) is 22.2 Å². The van der Waals surface area contributed by atoms with Crippen molar-refractivity contribution in [3.05, 3.63) is 64.3 Å². The lowest BCUT2D eigenvalue weighted by Crippen LogP contribution is -2.22. The molecular formula is C25H28ClNO3. The van der Waals surface area contributed by atoms with Crippen LogP contribution >= 0.6 is 11.6 Å². The second-order valence-electron chi connectivity index (χ2n) is 7.67. The number of carbonyl (C=O) groups is 1. The molecular weight excluding hydrogens is 398 g/mol. The summed E-state index contributed by atoms with van der Waals surface area (Å²) in [6.45, 7) is 7.85. The van der Waals surface area contributed by atoms with E-state index in [0.29, 0.717) is 16.3 Å². The number of rotatable bonds is 8. The normalized spacial score (nSPS) is 13.4. The molecule has 0 saturated carbocycles. The maximum Gasteiger partial charge on any atom is 0.337 e. The van der Waals surface area contributed by atoms with E-state index in [-0.39, 0.29) is 6.10 Å². The van der Waals surface area contributed by atoms with E-state index in [1.54, 1.807) is 6.07 Å². The lowest BCUT2D eigenvalue weighted by molar-refractivity contribution is -0.154. The van der Waals surface area contributed by atoms with Gasteiger partial charge in [-0.1, -0.05) is 56.1 Å². The molecule has 4 nitrogen and oxygen atoms in total. The van der Waals surface area contributed by atoms with Gasteiger partial charge >= 0.3 is 5.97 Å². The number of ether oxygens (including phenoxy) is 1. The molecule has 0 aliphatic carbocycles. The van der Waals surface area contributed by atoms with Crippen molar-refractivity contribution in [2.45, 2.75) is 59.2 Å². The van der Waals surface area contributed by atoms with Crippen molar-refractivity contribution < 1.29 is 14.6 Å². The predicted octanol–water partition coefficient (Wildman–Crippen LogP) is 6.76. The Morgan fingerprint density at radius 3 is 2.47 bits per heavy atom. The summed E-state index contributed by atoms with van der Waals surface area (Å²) in [6, 6.07) is 13.8. The molecule has 0 aliphatic heterocycles. The zero-order valence-corrected chi connectivity index (χ0v) is 18.7. The second-order valence-corrected chi connectivity index (χ2v) is 8.10. The number of hydrogen-bond acceptors (Lipinski definition) is 3. The first-order chi connectivity index (χ1) is 14.3.